The van der Waals surface area contributed by atoms with Gasteiger partial charge in [0, 0.05) is 18.2 Å². The molecule has 2 fully saturated rings. The lowest BCUT2D eigenvalue weighted by atomic mass is 9.91. The summed E-state index contributed by atoms with van der Waals surface area (Å²) >= 11 is 1.81. The van der Waals surface area contributed by atoms with Gasteiger partial charge in [0.05, 0.1) is 6.04 Å². The predicted octanol–water partition coefficient (Wildman–Crippen LogP) is 2.55. The Labute approximate surface area is 121 Å². The summed E-state index contributed by atoms with van der Waals surface area (Å²) in [6.45, 7) is 0.891. The molecule has 0 bridgehead atoms. The highest BCUT2D eigenvalue weighted by Gasteiger charge is 2.22. The molecular formula is C13H25ClN2OS. The number of carbonyl (C=O) groups is 1. The van der Waals surface area contributed by atoms with E-state index in [1.807, 2.05) is 0 Å². The summed E-state index contributed by atoms with van der Waals surface area (Å²) in [5.41, 5.74) is 0. The summed E-state index contributed by atoms with van der Waals surface area (Å²) < 4.78 is 0. The van der Waals surface area contributed by atoms with Gasteiger partial charge in [-0.05, 0) is 18.8 Å². The third-order valence-corrected chi connectivity index (χ3v) is 4.76. The van der Waals surface area contributed by atoms with Crippen LogP contribution < -0.4 is 10.6 Å². The fourth-order valence-corrected chi connectivity index (χ4v) is 3.62. The molecular weight excluding hydrogens is 268 g/mol. The summed E-state index contributed by atoms with van der Waals surface area (Å²) in [6.07, 6.45) is 9.45. The zero-order valence-electron chi connectivity index (χ0n) is 11.0. The Hall–Kier alpha value is 0.0700. The quantitative estimate of drug-likeness (QED) is 0.840. The zero-order chi connectivity index (χ0) is 11.9. The number of halogens is 1. The number of amides is 1. The molecule has 1 unspecified atom stereocenters. The Morgan fingerprint density at radius 3 is 2.44 bits per heavy atom. The Balaban J connectivity index is 0.00000162. The average molecular weight is 293 g/mol. The molecule has 1 saturated carbocycles. The van der Waals surface area contributed by atoms with Gasteiger partial charge in [-0.3, -0.25) is 10.1 Å². The van der Waals surface area contributed by atoms with Crippen LogP contribution in [0.2, 0.25) is 0 Å². The number of carbonyl (C=O) groups excluding carboxylic acids is 1. The van der Waals surface area contributed by atoms with Crippen LogP contribution in [-0.4, -0.2) is 30.1 Å². The second-order valence-electron chi connectivity index (χ2n) is 5.23. The van der Waals surface area contributed by atoms with Crippen LogP contribution in [0.15, 0.2) is 0 Å². The lowest BCUT2D eigenvalue weighted by molar-refractivity contribution is -0.122. The van der Waals surface area contributed by atoms with Gasteiger partial charge in [0.15, 0.2) is 0 Å². The number of hydrogen-bond donors (Lipinski definition) is 2. The van der Waals surface area contributed by atoms with Crippen LogP contribution in [0, 0.1) is 5.92 Å². The van der Waals surface area contributed by atoms with Gasteiger partial charge in [0.25, 0.3) is 0 Å². The first-order valence-electron chi connectivity index (χ1n) is 6.95. The number of thioether (sulfide) groups is 1. The van der Waals surface area contributed by atoms with E-state index >= 15 is 0 Å². The number of nitrogens with one attached hydrogen (secondary N) is 2. The van der Waals surface area contributed by atoms with Crippen molar-refractivity contribution in [3.63, 3.8) is 0 Å². The van der Waals surface area contributed by atoms with Gasteiger partial charge >= 0.3 is 0 Å². The van der Waals surface area contributed by atoms with Crippen LogP contribution in [0.1, 0.15) is 44.9 Å². The molecule has 18 heavy (non-hydrogen) atoms. The average Bonchev–Trinajstić information content (AvgIpc) is 2.80. The van der Waals surface area contributed by atoms with E-state index in [-0.39, 0.29) is 24.4 Å². The van der Waals surface area contributed by atoms with Crippen LogP contribution in [0.25, 0.3) is 0 Å². The van der Waals surface area contributed by atoms with Crippen molar-refractivity contribution in [1.29, 1.82) is 0 Å². The topological polar surface area (TPSA) is 41.1 Å². The van der Waals surface area contributed by atoms with Gasteiger partial charge in [-0.15, -0.1) is 24.2 Å². The SMILES string of the molecule is Cl.O=C(NCC1CCCCCCC1)C1CSCN1. The van der Waals surface area contributed by atoms with E-state index in [0.717, 1.165) is 18.2 Å². The number of hydrogen-bond acceptors (Lipinski definition) is 3. The van der Waals surface area contributed by atoms with E-state index < -0.39 is 0 Å². The molecule has 0 radical (unpaired) electrons. The van der Waals surface area contributed by atoms with Crippen molar-refractivity contribution in [2.24, 2.45) is 5.92 Å². The molecule has 2 rings (SSSR count). The summed E-state index contributed by atoms with van der Waals surface area (Å²) in [7, 11) is 0. The minimum absolute atomic E-state index is 0. The smallest absolute Gasteiger partial charge is 0.238 e. The van der Waals surface area contributed by atoms with Crippen molar-refractivity contribution in [2.45, 2.75) is 51.0 Å². The lowest BCUT2D eigenvalue weighted by Gasteiger charge is -2.21. The van der Waals surface area contributed by atoms with Crippen LogP contribution in [-0.2, 0) is 4.79 Å². The summed E-state index contributed by atoms with van der Waals surface area (Å²) in [5, 5.41) is 6.35. The molecule has 0 spiro atoms. The lowest BCUT2D eigenvalue weighted by Crippen LogP contribution is -2.43. The summed E-state index contributed by atoms with van der Waals surface area (Å²) in [5.74, 6) is 2.77. The molecule has 1 aliphatic carbocycles. The van der Waals surface area contributed by atoms with E-state index in [4.69, 9.17) is 0 Å². The molecule has 3 nitrogen and oxygen atoms in total. The third-order valence-electron chi connectivity index (χ3n) is 3.82. The van der Waals surface area contributed by atoms with Gasteiger partial charge in [-0.1, -0.05) is 32.1 Å². The minimum atomic E-state index is 0. The van der Waals surface area contributed by atoms with Crippen molar-refractivity contribution in [2.75, 3.05) is 18.2 Å². The summed E-state index contributed by atoms with van der Waals surface area (Å²) in [6, 6.07) is 0.0496. The van der Waals surface area contributed by atoms with E-state index in [1.54, 1.807) is 11.8 Å². The number of rotatable bonds is 3. The molecule has 1 atom stereocenters. The standard InChI is InChI=1S/C13H24N2OS.ClH/c16-13(12-9-17-10-15-12)14-8-11-6-4-2-1-3-5-7-11;/h11-12,15H,1-10H2,(H,14,16);1H. The first kappa shape index (κ1) is 16.1. The Morgan fingerprint density at radius 2 is 1.83 bits per heavy atom. The Kier molecular flexibility index (Phi) is 8.11. The maximum atomic E-state index is 11.9. The van der Waals surface area contributed by atoms with Crippen LogP contribution in [0.4, 0.5) is 0 Å². The fraction of sp³-hybridized carbons (Fsp3) is 0.923. The largest absolute Gasteiger partial charge is 0.354 e. The van der Waals surface area contributed by atoms with Crippen molar-refractivity contribution in [3.05, 3.63) is 0 Å². The molecule has 2 N–H and O–H groups in total. The van der Waals surface area contributed by atoms with Gasteiger partial charge in [0.2, 0.25) is 5.91 Å². The van der Waals surface area contributed by atoms with Gasteiger partial charge in [0.1, 0.15) is 0 Å². The van der Waals surface area contributed by atoms with E-state index in [9.17, 15) is 4.79 Å². The van der Waals surface area contributed by atoms with Gasteiger partial charge in [-0.25, -0.2) is 0 Å². The third kappa shape index (κ3) is 5.37. The van der Waals surface area contributed by atoms with Crippen LogP contribution >= 0.6 is 24.2 Å². The minimum Gasteiger partial charge on any atom is -0.354 e. The van der Waals surface area contributed by atoms with Crippen LogP contribution in [0.5, 0.6) is 0 Å². The highest BCUT2D eigenvalue weighted by Crippen LogP contribution is 2.21. The molecule has 0 aromatic heterocycles. The molecule has 0 aromatic rings. The first-order chi connectivity index (χ1) is 8.36. The van der Waals surface area contributed by atoms with Crippen molar-refractivity contribution in [1.82, 2.24) is 10.6 Å². The van der Waals surface area contributed by atoms with E-state index in [1.165, 1.54) is 44.9 Å². The first-order valence-corrected chi connectivity index (χ1v) is 8.10. The predicted molar refractivity (Wildman–Crippen MR) is 80.3 cm³/mol. The molecule has 1 aliphatic heterocycles. The van der Waals surface area contributed by atoms with Crippen molar-refractivity contribution < 1.29 is 4.79 Å². The summed E-state index contributed by atoms with van der Waals surface area (Å²) in [4.78, 5) is 11.9. The Bertz CT molecular complexity index is 239. The normalized spacial score (nSPS) is 25.9. The molecule has 5 heteroatoms. The highest BCUT2D eigenvalue weighted by molar-refractivity contribution is 7.99. The van der Waals surface area contributed by atoms with Crippen molar-refractivity contribution in [3.8, 4) is 0 Å². The zero-order valence-corrected chi connectivity index (χ0v) is 12.6. The van der Waals surface area contributed by atoms with Crippen LogP contribution in [0.3, 0.4) is 0 Å². The molecule has 2 aliphatic rings. The highest BCUT2D eigenvalue weighted by atomic mass is 35.5. The molecule has 106 valence electrons. The van der Waals surface area contributed by atoms with Crippen molar-refractivity contribution >= 4 is 30.1 Å². The van der Waals surface area contributed by atoms with Gasteiger partial charge < -0.3 is 5.32 Å². The fourth-order valence-electron chi connectivity index (χ4n) is 2.68. The second-order valence-corrected chi connectivity index (χ2v) is 6.26. The van der Waals surface area contributed by atoms with E-state index in [0.29, 0.717) is 5.92 Å². The maximum Gasteiger partial charge on any atom is 0.238 e. The molecule has 1 saturated heterocycles. The van der Waals surface area contributed by atoms with Gasteiger partial charge in [-0.2, -0.15) is 0 Å². The molecule has 0 aromatic carbocycles. The van der Waals surface area contributed by atoms with E-state index in [2.05, 4.69) is 10.6 Å². The second kappa shape index (κ2) is 9.05. The Morgan fingerprint density at radius 1 is 1.17 bits per heavy atom. The maximum absolute atomic E-state index is 11.9. The molecule has 1 heterocycles. The monoisotopic (exact) mass is 292 g/mol. The molecule has 1 amide bonds.